The lowest BCUT2D eigenvalue weighted by molar-refractivity contribution is 0.530. The fourth-order valence-corrected chi connectivity index (χ4v) is 1.55. The average molecular weight is 220 g/mol. The molecule has 2 heterocycles. The number of fused-ring (bicyclic) bond motifs is 1. The number of H-pyrrole nitrogens is 1. The fraction of sp³-hybridized carbons (Fsp3) is 0.500. The Balaban J connectivity index is 2.29. The number of nitrogens with zero attached hydrogens (tertiary/aromatic N) is 3. The Morgan fingerprint density at radius 3 is 2.88 bits per heavy atom. The van der Waals surface area contributed by atoms with Crippen molar-refractivity contribution in [1.29, 1.82) is 0 Å². The molecule has 0 aliphatic heterocycles. The zero-order chi connectivity index (χ0) is 11.5. The van der Waals surface area contributed by atoms with E-state index >= 15 is 0 Å². The Hall–Kier alpha value is -1.69. The molecule has 0 fully saturated rings. The van der Waals surface area contributed by atoms with Crippen LogP contribution in [-0.2, 0) is 0 Å². The van der Waals surface area contributed by atoms with E-state index in [0.29, 0.717) is 18.1 Å². The number of aromatic amines is 1. The van der Waals surface area contributed by atoms with Gasteiger partial charge in [-0.15, -0.1) is 0 Å². The number of nitrogens with two attached hydrogens (primary N) is 1. The molecular weight excluding hydrogens is 204 g/mol. The van der Waals surface area contributed by atoms with Gasteiger partial charge in [0, 0.05) is 12.6 Å². The summed E-state index contributed by atoms with van der Waals surface area (Å²) in [6.07, 6.45) is 3.11. The molecule has 0 radical (unpaired) electrons. The van der Waals surface area contributed by atoms with Crippen LogP contribution in [0.1, 0.15) is 13.8 Å². The largest absolute Gasteiger partial charge is 0.364 e. The maximum atomic E-state index is 5.71. The molecule has 0 saturated carbocycles. The molecule has 6 nitrogen and oxygen atoms in total. The molecule has 0 amide bonds. The minimum Gasteiger partial charge on any atom is -0.364 e. The van der Waals surface area contributed by atoms with Crippen LogP contribution in [0.4, 0.5) is 5.82 Å². The van der Waals surface area contributed by atoms with Gasteiger partial charge in [0.25, 0.3) is 0 Å². The maximum absolute atomic E-state index is 5.71. The molecule has 86 valence electrons. The normalized spacial score (nSPS) is 13.2. The highest BCUT2D eigenvalue weighted by molar-refractivity contribution is 5.82. The van der Waals surface area contributed by atoms with Gasteiger partial charge in [0.2, 0.25) is 0 Å². The summed E-state index contributed by atoms with van der Waals surface area (Å²) < 4.78 is 0. The van der Waals surface area contributed by atoms with Crippen LogP contribution in [0, 0.1) is 5.92 Å². The SMILES string of the molecule is CC(C)C(CN)Nc1ncnc2nc[nH]c12. The van der Waals surface area contributed by atoms with Crippen LogP contribution in [-0.4, -0.2) is 32.5 Å². The van der Waals surface area contributed by atoms with Crippen molar-refractivity contribution in [2.45, 2.75) is 19.9 Å². The molecule has 0 aliphatic rings. The molecule has 2 aromatic rings. The second kappa shape index (κ2) is 4.44. The predicted molar refractivity (Wildman–Crippen MR) is 63.0 cm³/mol. The van der Waals surface area contributed by atoms with Crippen LogP contribution in [0.25, 0.3) is 11.2 Å². The number of rotatable bonds is 4. The lowest BCUT2D eigenvalue weighted by atomic mass is 10.1. The van der Waals surface area contributed by atoms with Crippen molar-refractivity contribution in [2.75, 3.05) is 11.9 Å². The Bertz CT molecular complexity index is 463. The minimum atomic E-state index is 0.196. The number of nitrogens with one attached hydrogen (secondary N) is 2. The molecule has 2 aromatic heterocycles. The molecule has 0 bridgehead atoms. The first kappa shape index (κ1) is 10.8. The van der Waals surface area contributed by atoms with E-state index in [1.54, 1.807) is 6.33 Å². The van der Waals surface area contributed by atoms with Crippen LogP contribution < -0.4 is 11.1 Å². The van der Waals surface area contributed by atoms with Gasteiger partial charge >= 0.3 is 0 Å². The number of aromatic nitrogens is 4. The first-order chi connectivity index (χ1) is 7.72. The molecule has 6 heteroatoms. The molecule has 0 aromatic carbocycles. The van der Waals surface area contributed by atoms with Crippen molar-refractivity contribution in [3.05, 3.63) is 12.7 Å². The first-order valence-corrected chi connectivity index (χ1v) is 5.33. The van der Waals surface area contributed by atoms with Crippen molar-refractivity contribution < 1.29 is 0 Å². The third-order valence-electron chi connectivity index (χ3n) is 2.60. The van der Waals surface area contributed by atoms with E-state index in [4.69, 9.17) is 5.73 Å². The average Bonchev–Trinajstić information content (AvgIpc) is 2.73. The molecule has 4 N–H and O–H groups in total. The van der Waals surface area contributed by atoms with Gasteiger partial charge in [-0.05, 0) is 5.92 Å². The highest BCUT2D eigenvalue weighted by atomic mass is 15.1. The Kier molecular flexibility index (Phi) is 3.00. The van der Waals surface area contributed by atoms with Crippen molar-refractivity contribution >= 4 is 17.0 Å². The van der Waals surface area contributed by atoms with Gasteiger partial charge < -0.3 is 16.0 Å². The summed E-state index contributed by atoms with van der Waals surface area (Å²) in [4.78, 5) is 15.4. The Labute approximate surface area is 93.7 Å². The third kappa shape index (κ3) is 1.96. The van der Waals surface area contributed by atoms with Gasteiger partial charge in [0.1, 0.15) is 11.8 Å². The van der Waals surface area contributed by atoms with Crippen LogP contribution in [0.5, 0.6) is 0 Å². The van der Waals surface area contributed by atoms with Crippen molar-refractivity contribution in [1.82, 2.24) is 19.9 Å². The van der Waals surface area contributed by atoms with Crippen LogP contribution >= 0.6 is 0 Å². The molecule has 16 heavy (non-hydrogen) atoms. The first-order valence-electron chi connectivity index (χ1n) is 5.33. The summed E-state index contributed by atoms with van der Waals surface area (Å²) >= 11 is 0. The third-order valence-corrected chi connectivity index (χ3v) is 2.60. The zero-order valence-corrected chi connectivity index (χ0v) is 9.44. The van der Waals surface area contributed by atoms with Gasteiger partial charge in [-0.25, -0.2) is 15.0 Å². The van der Waals surface area contributed by atoms with Crippen LogP contribution in [0.2, 0.25) is 0 Å². The van der Waals surface area contributed by atoms with Crippen LogP contribution in [0.3, 0.4) is 0 Å². The lowest BCUT2D eigenvalue weighted by Crippen LogP contribution is -2.34. The van der Waals surface area contributed by atoms with Gasteiger partial charge in [0.15, 0.2) is 11.5 Å². The number of hydrogen-bond donors (Lipinski definition) is 3. The van der Waals surface area contributed by atoms with Crippen LogP contribution in [0.15, 0.2) is 12.7 Å². The summed E-state index contributed by atoms with van der Waals surface area (Å²) in [7, 11) is 0. The summed E-state index contributed by atoms with van der Waals surface area (Å²) in [6.45, 7) is 4.81. The summed E-state index contributed by atoms with van der Waals surface area (Å²) in [5, 5.41) is 3.31. The van der Waals surface area contributed by atoms with E-state index in [-0.39, 0.29) is 6.04 Å². The molecule has 1 atom stereocenters. The monoisotopic (exact) mass is 220 g/mol. The van der Waals surface area contributed by atoms with Gasteiger partial charge in [-0.3, -0.25) is 0 Å². The van der Waals surface area contributed by atoms with E-state index in [1.807, 2.05) is 0 Å². The molecule has 0 saturated heterocycles. The summed E-state index contributed by atoms with van der Waals surface area (Å²) in [5.41, 5.74) is 7.19. The van der Waals surface area contributed by atoms with E-state index in [2.05, 4.69) is 39.1 Å². The van der Waals surface area contributed by atoms with Crippen molar-refractivity contribution in [3.63, 3.8) is 0 Å². The van der Waals surface area contributed by atoms with E-state index in [1.165, 1.54) is 6.33 Å². The fourth-order valence-electron chi connectivity index (χ4n) is 1.55. The zero-order valence-electron chi connectivity index (χ0n) is 9.44. The molecule has 0 spiro atoms. The minimum absolute atomic E-state index is 0.196. The van der Waals surface area contributed by atoms with E-state index in [9.17, 15) is 0 Å². The predicted octanol–water partition coefficient (Wildman–Crippen LogP) is 0.748. The van der Waals surface area contributed by atoms with Gasteiger partial charge in [0.05, 0.1) is 6.33 Å². The molecular formula is C10H16N6. The molecule has 1 unspecified atom stereocenters. The molecule has 2 rings (SSSR count). The van der Waals surface area contributed by atoms with Gasteiger partial charge in [-0.2, -0.15) is 0 Å². The molecule has 0 aliphatic carbocycles. The summed E-state index contributed by atoms with van der Waals surface area (Å²) in [6, 6.07) is 0.196. The Morgan fingerprint density at radius 2 is 2.19 bits per heavy atom. The summed E-state index contributed by atoms with van der Waals surface area (Å²) in [5.74, 6) is 1.20. The standard InChI is InChI=1S/C10H16N6/c1-6(2)7(3-11)16-10-8-9(13-4-12-8)14-5-15-10/h4-7H,3,11H2,1-2H3,(H2,12,13,14,15,16). The van der Waals surface area contributed by atoms with Gasteiger partial charge in [-0.1, -0.05) is 13.8 Å². The smallest absolute Gasteiger partial charge is 0.182 e. The Morgan fingerprint density at radius 1 is 1.38 bits per heavy atom. The quantitative estimate of drug-likeness (QED) is 0.707. The van der Waals surface area contributed by atoms with Crippen molar-refractivity contribution in [2.24, 2.45) is 11.7 Å². The maximum Gasteiger partial charge on any atom is 0.182 e. The highest BCUT2D eigenvalue weighted by Gasteiger charge is 2.14. The van der Waals surface area contributed by atoms with E-state index < -0.39 is 0 Å². The second-order valence-corrected chi connectivity index (χ2v) is 4.05. The number of imidazole rings is 1. The number of hydrogen-bond acceptors (Lipinski definition) is 5. The highest BCUT2D eigenvalue weighted by Crippen LogP contribution is 2.17. The number of anilines is 1. The van der Waals surface area contributed by atoms with Crippen molar-refractivity contribution in [3.8, 4) is 0 Å². The topological polar surface area (TPSA) is 92.5 Å². The second-order valence-electron chi connectivity index (χ2n) is 4.05. The lowest BCUT2D eigenvalue weighted by Gasteiger charge is -2.20. The van der Waals surface area contributed by atoms with E-state index in [0.717, 1.165) is 11.3 Å².